The molecule has 0 N–H and O–H groups in total. The molecule has 0 aromatic rings. The summed E-state index contributed by atoms with van der Waals surface area (Å²) >= 11 is 0. The van der Waals surface area contributed by atoms with Gasteiger partial charge in [0.2, 0.25) is 0 Å². The number of carbonyl (C=O) groups is 2. The van der Waals surface area contributed by atoms with E-state index in [-0.39, 0.29) is 24.4 Å². The van der Waals surface area contributed by atoms with Gasteiger partial charge in [-0.25, -0.2) is 0 Å². The third kappa shape index (κ3) is 2.18. The van der Waals surface area contributed by atoms with Crippen molar-refractivity contribution in [3.8, 4) is 6.07 Å². The van der Waals surface area contributed by atoms with Crippen LogP contribution >= 0.6 is 0 Å². The maximum Gasteiger partial charge on any atom is 0.327 e. The third-order valence-corrected chi connectivity index (χ3v) is 6.67. The number of hydrogen-bond donors (Lipinski definition) is 0. The molecule has 3 rings (SSSR count). The molecule has 3 aliphatic rings. The summed E-state index contributed by atoms with van der Waals surface area (Å²) in [5.41, 5.74) is -1.52. The van der Waals surface area contributed by atoms with Gasteiger partial charge in [0.25, 0.3) is 0 Å². The highest BCUT2D eigenvalue weighted by Crippen LogP contribution is 2.67. The molecule has 126 valence electrons. The molecule has 0 aromatic carbocycles. The smallest absolute Gasteiger partial charge is 0.327 e. The van der Waals surface area contributed by atoms with E-state index in [2.05, 4.69) is 6.07 Å². The van der Waals surface area contributed by atoms with Gasteiger partial charge in [0.1, 0.15) is 12.7 Å². The molecule has 2 saturated carbocycles. The maximum atomic E-state index is 12.5. The summed E-state index contributed by atoms with van der Waals surface area (Å²) < 4.78 is 11.0. The fraction of sp³-hybridized carbons (Fsp3) is 0.833. The zero-order valence-electron chi connectivity index (χ0n) is 14.3. The van der Waals surface area contributed by atoms with E-state index in [4.69, 9.17) is 9.47 Å². The Bertz CT molecular complexity index is 580. The van der Waals surface area contributed by atoms with E-state index in [1.54, 1.807) is 0 Å². The van der Waals surface area contributed by atoms with E-state index in [0.29, 0.717) is 24.7 Å². The molecule has 0 amide bonds. The highest BCUT2D eigenvalue weighted by atomic mass is 16.6. The van der Waals surface area contributed by atoms with Crippen LogP contribution in [0.25, 0.3) is 0 Å². The second-order valence-electron chi connectivity index (χ2n) is 7.94. The molecule has 0 radical (unpaired) electrons. The first-order valence-corrected chi connectivity index (χ1v) is 8.59. The number of ether oxygens (including phenoxy) is 2. The molecule has 5 heteroatoms. The average Bonchev–Trinajstić information content (AvgIpc) is 3.10. The molecule has 0 bridgehead atoms. The molecule has 2 aliphatic carbocycles. The number of nitrogens with zero attached hydrogens (tertiary/aromatic N) is 1. The molecule has 0 spiro atoms. The van der Waals surface area contributed by atoms with Crippen molar-refractivity contribution in [2.45, 2.75) is 53.1 Å². The van der Waals surface area contributed by atoms with Gasteiger partial charge in [-0.05, 0) is 43.9 Å². The number of cyclic esters (lactones) is 1. The van der Waals surface area contributed by atoms with Crippen molar-refractivity contribution in [3.63, 3.8) is 0 Å². The van der Waals surface area contributed by atoms with Gasteiger partial charge in [-0.2, -0.15) is 5.26 Å². The molecular weight excluding hydrogens is 294 g/mol. The van der Waals surface area contributed by atoms with Gasteiger partial charge in [0.05, 0.1) is 11.5 Å². The minimum Gasteiger partial charge on any atom is -0.461 e. The number of hydrogen-bond acceptors (Lipinski definition) is 5. The SMILES string of the molecule is CCC(C)(C(=O)OCC1OC(=O)C2(C#N)CC3CC3C12)C(C)C. The maximum absolute atomic E-state index is 12.5. The number of rotatable bonds is 5. The van der Waals surface area contributed by atoms with Gasteiger partial charge in [-0.1, -0.05) is 20.8 Å². The molecule has 6 unspecified atom stereocenters. The van der Waals surface area contributed by atoms with E-state index in [9.17, 15) is 14.9 Å². The lowest BCUT2D eigenvalue weighted by molar-refractivity contribution is -0.165. The van der Waals surface area contributed by atoms with Gasteiger partial charge in [0.15, 0.2) is 5.41 Å². The van der Waals surface area contributed by atoms with Crippen molar-refractivity contribution in [2.75, 3.05) is 6.61 Å². The van der Waals surface area contributed by atoms with Crippen LogP contribution in [-0.2, 0) is 19.1 Å². The largest absolute Gasteiger partial charge is 0.461 e. The predicted molar refractivity (Wildman–Crippen MR) is 81.8 cm³/mol. The average molecular weight is 319 g/mol. The second-order valence-corrected chi connectivity index (χ2v) is 7.94. The van der Waals surface area contributed by atoms with Crippen molar-refractivity contribution in [2.24, 2.45) is 34.5 Å². The molecule has 0 aromatic heterocycles. The molecule has 1 saturated heterocycles. The van der Waals surface area contributed by atoms with Crippen molar-refractivity contribution < 1.29 is 19.1 Å². The Balaban J connectivity index is 1.69. The third-order valence-electron chi connectivity index (χ3n) is 6.67. The zero-order valence-corrected chi connectivity index (χ0v) is 14.3. The Labute approximate surface area is 137 Å². The lowest BCUT2D eigenvalue weighted by Gasteiger charge is -2.30. The fourth-order valence-electron chi connectivity index (χ4n) is 4.40. The van der Waals surface area contributed by atoms with Gasteiger partial charge in [-0.15, -0.1) is 0 Å². The summed E-state index contributed by atoms with van der Waals surface area (Å²) in [5.74, 6) is 0.259. The van der Waals surface area contributed by atoms with Crippen LogP contribution in [0.15, 0.2) is 0 Å². The van der Waals surface area contributed by atoms with Crippen LogP contribution in [0, 0.1) is 45.8 Å². The van der Waals surface area contributed by atoms with Crippen molar-refractivity contribution in [3.05, 3.63) is 0 Å². The van der Waals surface area contributed by atoms with Crippen molar-refractivity contribution in [1.29, 1.82) is 5.26 Å². The number of fused-ring (bicyclic) bond motifs is 3. The highest BCUT2D eigenvalue weighted by Gasteiger charge is 2.72. The molecule has 1 aliphatic heterocycles. The Kier molecular flexibility index (Phi) is 3.70. The van der Waals surface area contributed by atoms with Crippen molar-refractivity contribution in [1.82, 2.24) is 0 Å². The highest BCUT2D eigenvalue weighted by molar-refractivity contribution is 5.84. The van der Waals surface area contributed by atoms with E-state index in [1.807, 2.05) is 27.7 Å². The first kappa shape index (κ1) is 16.3. The molecule has 23 heavy (non-hydrogen) atoms. The predicted octanol–water partition coefficient (Wildman–Crippen LogP) is 2.69. The Morgan fingerprint density at radius 1 is 1.57 bits per heavy atom. The summed E-state index contributed by atoms with van der Waals surface area (Å²) in [6.07, 6.45) is 1.91. The van der Waals surface area contributed by atoms with Gasteiger partial charge in [-0.3, -0.25) is 9.59 Å². The molecule has 6 atom stereocenters. The minimum atomic E-state index is -0.989. The van der Waals surface area contributed by atoms with E-state index in [0.717, 1.165) is 6.42 Å². The summed E-state index contributed by atoms with van der Waals surface area (Å²) in [5, 5.41) is 9.51. The van der Waals surface area contributed by atoms with E-state index >= 15 is 0 Å². The standard InChI is InChI=1S/C18H25NO4/c1-5-17(4,10(2)3)15(20)22-8-13-14-12-6-11(12)7-18(14,9-19)16(21)23-13/h10-14H,5-8H2,1-4H3. The lowest BCUT2D eigenvalue weighted by Crippen LogP contribution is -2.38. The Morgan fingerprint density at radius 2 is 2.26 bits per heavy atom. The molecule has 1 heterocycles. The van der Waals surface area contributed by atoms with Crippen LogP contribution in [0.3, 0.4) is 0 Å². The number of nitriles is 1. The van der Waals surface area contributed by atoms with Crippen LogP contribution in [0.4, 0.5) is 0 Å². The van der Waals surface area contributed by atoms with Crippen LogP contribution < -0.4 is 0 Å². The summed E-state index contributed by atoms with van der Waals surface area (Å²) in [4.78, 5) is 24.7. The lowest BCUT2D eigenvalue weighted by atomic mass is 9.75. The zero-order chi connectivity index (χ0) is 17.0. The quantitative estimate of drug-likeness (QED) is 0.728. The van der Waals surface area contributed by atoms with Crippen LogP contribution in [-0.4, -0.2) is 24.6 Å². The van der Waals surface area contributed by atoms with Crippen molar-refractivity contribution >= 4 is 11.9 Å². The molecular formula is C18H25NO4. The second kappa shape index (κ2) is 5.22. The van der Waals surface area contributed by atoms with Gasteiger partial charge in [0, 0.05) is 5.92 Å². The Hall–Kier alpha value is -1.57. The monoisotopic (exact) mass is 319 g/mol. The van der Waals surface area contributed by atoms with Crippen LogP contribution in [0.5, 0.6) is 0 Å². The summed E-state index contributed by atoms with van der Waals surface area (Å²) in [6, 6.07) is 2.21. The normalized spacial score (nSPS) is 39.9. The first-order valence-electron chi connectivity index (χ1n) is 8.59. The first-order chi connectivity index (χ1) is 10.8. The number of carbonyl (C=O) groups excluding carboxylic acids is 2. The van der Waals surface area contributed by atoms with E-state index < -0.39 is 22.9 Å². The Morgan fingerprint density at radius 3 is 2.83 bits per heavy atom. The van der Waals surface area contributed by atoms with E-state index in [1.165, 1.54) is 0 Å². The fourth-order valence-corrected chi connectivity index (χ4v) is 4.40. The topological polar surface area (TPSA) is 76.4 Å². The van der Waals surface area contributed by atoms with Gasteiger partial charge < -0.3 is 9.47 Å². The van der Waals surface area contributed by atoms with Crippen LogP contribution in [0.2, 0.25) is 0 Å². The number of esters is 2. The molecule has 3 fully saturated rings. The summed E-state index contributed by atoms with van der Waals surface area (Å²) in [7, 11) is 0. The van der Waals surface area contributed by atoms with Crippen LogP contribution in [0.1, 0.15) is 47.0 Å². The summed E-state index contributed by atoms with van der Waals surface area (Å²) in [6.45, 7) is 7.97. The molecule has 5 nitrogen and oxygen atoms in total. The minimum absolute atomic E-state index is 0.0736. The van der Waals surface area contributed by atoms with Gasteiger partial charge >= 0.3 is 11.9 Å².